The van der Waals surface area contributed by atoms with Crippen molar-refractivity contribution >= 4 is 53.5 Å². The number of rotatable bonds is 7. The molecule has 0 fully saturated rings. The fourth-order valence-corrected chi connectivity index (χ4v) is 5.76. The highest BCUT2D eigenvalue weighted by atomic mass is 32.2. The van der Waals surface area contributed by atoms with Gasteiger partial charge in [-0.25, -0.2) is 0 Å². The SMILES string of the molecule is Nc1ccc(Sc2ccc(Oc3ccc(S(=O)(=O)O)cc3S(=O)(=O)O)cc2S(=O)(=O)O)cc1N. The minimum atomic E-state index is -5.03. The van der Waals surface area contributed by atoms with Crippen molar-refractivity contribution < 1.29 is 43.6 Å². The zero-order chi connectivity index (χ0) is 25.5. The summed E-state index contributed by atoms with van der Waals surface area (Å²) in [7, 11) is -14.6. The second-order valence-electron chi connectivity index (χ2n) is 6.64. The predicted octanol–water partition coefficient (Wildman–Crippen LogP) is 2.53. The van der Waals surface area contributed by atoms with Crippen molar-refractivity contribution in [1.82, 2.24) is 0 Å². The van der Waals surface area contributed by atoms with Crippen LogP contribution in [-0.2, 0) is 30.4 Å². The minimum absolute atomic E-state index is 0.0655. The molecular formula is C18H16N2O10S4. The van der Waals surface area contributed by atoms with Crippen LogP contribution in [0.15, 0.2) is 79.1 Å². The van der Waals surface area contributed by atoms with Gasteiger partial charge in [0.25, 0.3) is 30.4 Å². The summed E-state index contributed by atoms with van der Waals surface area (Å²) in [6.45, 7) is 0. The lowest BCUT2D eigenvalue weighted by Gasteiger charge is -2.13. The van der Waals surface area contributed by atoms with Gasteiger partial charge >= 0.3 is 0 Å². The van der Waals surface area contributed by atoms with E-state index in [4.69, 9.17) is 20.8 Å². The van der Waals surface area contributed by atoms with Crippen LogP contribution in [0.1, 0.15) is 0 Å². The van der Waals surface area contributed by atoms with E-state index in [1.165, 1.54) is 24.3 Å². The molecule has 0 unspecified atom stereocenters. The van der Waals surface area contributed by atoms with E-state index in [1.807, 2.05) is 0 Å². The third-order valence-electron chi connectivity index (χ3n) is 4.20. The first-order valence-electron chi connectivity index (χ1n) is 8.77. The van der Waals surface area contributed by atoms with Crippen LogP contribution in [0.4, 0.5) is 11.4 Å². The Morgan fingerprint density at radius 2 is 1.32 bits per heavy atom. The lowest BCUT2D eigenvalue weighted by molar-refractivity contribution is 0.444. The Morgan fingerprint density at radius 3 is 1.88 bits per heavy atom. The molecule has 3 aromatic rings. The standard InChI is InChI=1S/C18H16N2O10S4/c19-13-4-2-11(8-14(13)20)31-16-6-1-10(7-18(16)34(27,28)29)30-15-5-3-12(32(21,22)23)9-17(15)33(24,25)26/h1-9H,19-20H2,(H,21,22,23)(H,24,25,26)(H,27,28,29). The van der Waals surface area contributed by atoms with Crippen molar-refractivity contribution in [2.24, 2.45) is 0 Å². The van der Waals surface area contributed by atoms with Crippen molar-refractivity contribution in [2.45, 2.75) is 24.5 Å². The van der Waals surface area contributed by atoms with E-state index in [0.717, 1.165) is 30.0 Å². The molecule has 7 N–H and O–H groups in total. The van der Waals surface area contributed by atoms with Gasteiger partial charge in [0.2, 0.25) is 0 Å². The maximum absolute atomic E-state index is 12.0. The van der Waals surface area contributed by atoms with E-state index < -0.39 is 50.8 Å². The van der Waals surface area contributed by atoms with Crippen molar-refractivity contribution in [3.8, 4) is 11.5 Å². The zero-order valence-electron chi connectivity index (χ0n) is 16.7. The third kappa shape index (κ3) is 5.98. The van der Waals surface area contributed by atoms with Gasteiger partial charge < -0.3 is 16.2 Å². The van der Waals surface area contributed by atoms with E-state index in [-0.39, 0.29) is 16.3 Å². The molecular weight excluding hydrogens is 532 g/mol. The van der Waals surface area contributed by atoms with Gasteiger partial charge in [0.05, 0.1) is 16.3 Å². The number of nitrogens with two attached hydrogens (primary N) is 2. The monoisotopic (exact) mass is 548 g/mol. The molecule has 16 heteroatoms. The molecule has 0 bridgehead atoms. The molecule has 0 saturated heterocycles. The van der Waals surface area contributed by atoms with E-state index in [1.54, 1.807) is 6.07 Å². The first kappa shape index (κ1) is 25.8. The quantitative estimate of drug-likeness (QED) is 0.211. The number of ether oxygens (including phenoxy) is 1. The lowest BCUT2D eigenvalue weighted by Crippen LogP contribution is -2.06. The van der Waals surface area contributed by atoms with Crippen LogP contribution >= 0.6 is 11.8 Å². The molecule has 0 aliphatic rings. The van der Waals surface area contributed by atoms with Gasteiger partial charge in [-0.1, -0.05) is 11.8 Å². The molecule has 0 atom stereocenters. The second-order valence-corrected chi connectivity index (χ2v) is 12.0. The largest absolute Gasteiger partial charge is 0.456 e. The molecule has 34 heavy (non-hydrogen) atoms. The van der Waals surface area contributed by atoms with Crippen LogP contribution in [0.3, 0.4) is 0 Å². The first-order valence-corrected chi connectivity index (χ1v) is 13.9. The normalized spacial score (nSPS) is 12.4. The van der Waals surface area contributed by atoms with Crippen LogP contribution in [-0.4, -0.2) is 38.9 Å². The highest BCUT2D eigenvalue weighted by Gasteiger charge is 2.23. The van der Waals surface area contributed by atoms with Crippen LogP contribution in [0.25, 0.3) is 0 Å². The number of benzene rings is 3. The van der Waals surface area contributed by atoms with Gasteiger partial charge in [-0.15, -0.1) is 0 Å². The molecule has 0 heterocycles. The number of nitrogen functional groups attached to an aromatic ring is 2. The molecule has 182 valence electrons. The van der Waals surface area contributed by atoms with E-state index in [2.05, 4.69) is 0 Å². The van der Waals surface area contributed by atoms with E-state index in [9.17, 15) is 34.4 Å². The zero-order valence-corrected chi connectivity index (χ0v) is 19.9. The van der Waals surface area contributed by atoms with Crippen molar-refractivity contribution in [1.29, 1.82) is 0 Å². The summed E-state index contributed by atoms with van der Waals surface area (Å²) in [6.07, 6.45) is 0. The minimum Gasteiger partial charge on any atom is -0.456 e. The van der Waals surface area contributed by atoms with Gasteiger partial charge in [0.1, 0.15) is 21.3 Å². The number of anilines is 2. The molecule has 0 saturated carbocycles. The van der Waals surface area contributed by atoms with Gasteiger partial charge in [-0.3, -0.25) is 13.7 Å². The van der Waals surface area contributed by atoms with Gasteiger partial charge in [0, 0.05) is 15.9 Å². The van der Waals surface area contributed by atoms with E-state index in [0.29, 0.717) is 16.6 Å². The van der Waals surface area contributed by atoms with Gasteiger partial charge in [-0.05, 0) is 48.5 Å². The summed E-state index contributed by atoms with van der Waals surface area (Å²) < 4.78 is 103. The Hall–Kier alpha value is -2.86. The smallest absolute Gasteiger partial charge is 0.298 e. The molecule has 0 amide bonds. The summed E-state index contributed by atoms with van der Waals surface area (Å²) in [5.74, 6) is -0.860. The fourth-order valence-electron chi connectivity index (χ4n) is 2.64. The molecule has 0 aromatic heterocycles. The fraction of sp³-hybridized carbons (Fsp3) is 0. The lowest BCUT2D eigenvalue weighted by atomic mass is 10.3. The summed E-state index contributed by atoms with van der Waals surface area (Å²) in [5.41, 5.74) is 12.0. The number of hydrogen-bond donors (Lipinski definition) is 5. The van der Waals surface area contributed by atoms with Crippen molar-refractivity contribution in [3.05, 3.63) is 54.6 Å². The van der Waals surface area contributed by atoms with Crippen molar-refractivity contribution in [2.75, 3.05) is 11.5 Å². The maximum Gasteiger partial charge on any atom is 0.298 e. The summed E-state index contributed by atoms with van der Waals surface area (Å²) >= 11 is 0.930. The second kappa shape index (κ2) is 9.06. The van der Waals surface area contributed by atoms with Gasteiger partial charge in [-0.2, -0.15) is 25.3 Å². The summed E-state index contributed by atoms with van der Waals surface area (Å²) in [4.78, 5) is -1.86. The molecule has 0 radical (unpaired) electrons. The summed E-state index contributed by atoms with van der Waals surface area (Å²) in [6, 6.07) is 10.1. The highest BCUT2D eigenvalue weighted by Crippen LogP contribution is 2.38. The molecule has 3 aromatic carbocycles. The Kier molecular flexibility index (Phi) is 6.87. The Morgan fingerprint density at radius 1 is 0.676 bits per heavy atom. The van der Waals surface area contributed by atoms with E-state index >= 15 is 0 Å². The van der Waals surface area contributed by atoms with Crippen molar-refractivity contribution in [3.63, 3.8) is 0 Å². The molecule has 0 aliphatic heterocycles. The molecule has 12 nitrogen and oxygen atoms in total. The predicted molar refractivity (Wildman–Crippen MR) is 122 cm³/mol. The van der Waals surface area contributed by atoms with Crippen LogP contribution < -0.4 is 16.2 Å². The van der Waals surface area contributed by atoms with Crippen LogP contribution in [0.2, 0.25) is 0 Å². The Balaban J connectivity index is 2.06. The topological polar surface area (TPSA) is 224 Å². The van der Waals surface area contributed by atoms with Crippen LogP contribution in [0.5, 0.6) is 11.5 Å². The summed E-state index contributed by atoms with van der Waals surface area (Å²) in [5, 5.41) is 0. The average molecular weight is 549 g/mol. The Labute approximate surface area is 198 Å². The van der Waals surface area contributed by atoms with Crippen LogP contribution in [0, 0.1) is 0 Å². The first-order chi connectivity index (χ1) is 15.6. The Bertz CT molecular complexity index is 1600. The molecule has 3 rings (SSSR count). The molecule has 0 aliphatic carbocycles. The average Bonchev–Trinajstić information content (AvgIpc) is 2.70. The third-order valence-corrected chi connectivity index (χ3v) is 8.01. The molecule has 0 spiro atoms. The van der Waals surface area contributed by atoms with Gasteiger partial charge in [0.15, 0.2) is 0 Å². The highest BCUT2D eigenvalue weighted by molar-refractivity contribution is 8.00. The maximum atomic E-state index is 12.0. The number of hydrogen-bond acceptors (Lipinski definition) is 10.